The Balaban J connectivity index is 1.39. The van der Waals surface area contributed by atoms with E-state index < -0.39 is 0 Å². The van der Waals surface area contributed by atoms with Gasteiger partial charge in [0.25, 0.3) is 6.01 Å². The molecule has 5 nitrogen and oxygen atoms in total. The Bertz CT molecular complexity index is 761. The zero-order valence-corrected chi connectivity index (χ0v) is 12.7. The van der Waals surface area contributed by atoms with Crippen molar-refractivity contribution in [3.63, 3.8) is 0 Å². The van der Waals surface area contributed by atoms with Crippen LogP contribution in [0.15, 0.2) is 47.0 Å². The van der Waals surface area contributed by atoms with Gasteiger partial charge in [0, 0.05) is 38.9 Å². The van der Waals surface area contributed by atoms with Gasteiger partial charge >= 0.3 is 0 Å². The molecule has 23 heavy (non-hydrogen) atoms. The van der Waals surface area contributed by atoms with E-state index in [0.29, 0.717) is 11.7 Å². The van der Waals surface area contributed by atoms with Gasteiger partial charge in [0.15, 0.2) is 5.58 Å². The first-order valence-electron chi connectivity index (χ1n) is 7.71. The minimum absolute atomic E-state index is 0.192. The summed E-state index contributed by atoms with van der Waals surface area (Å²) in [6, 6.07) is 11.1. The second kappa shape index (κ2) is 5.96. The third-order valence-electron chi connectivity index (χ3n) is 4.12. The molecular weight excluding hydrogens is 295 g/mol. The summed E-state index contributed by atoms with van der Waals surface area (Å²) >= 11 is 0. The van der Waals surface area contributed by atoms with Crippen LogP contribution in [0.25, 0.3) is 11.2 Å². The Labute approximate surface area is 133 Å². The molecule has 2 aromatic heterocycles. The molecule has 1 aromatic carbocycles. The Hall–Kier alpha value is -2.47. The van der Waals surface area contributed by atoms with Crippen LogP contribution >= 0.6 is 0 Å². The van der Waals surface area contributed by atoms with E-state index in [1.807, 2.05) is 24.3 Å². The predicted molar refractivity (Wildman–Crippen MR) is 85.7 cm³/mol. The molecule has 1 fully saturated rings. The van der Waals surface area contributed by atoms with Gasteiger partial charge in [-0.25, -0.2) is 9.37 Å². The Morgan fingerprint density at radius 3 is 2.57 bits per heavy atom. The number of oxazole rings is 1. The molecule has 3 aromatic rings. The molecule has 0 aliphatic carbocycles. The highest BCUT2D eigenvalue weighted by atomic mass is 19.1. The fourth-order valence-corrected chi connectivity index (χ4v) is 2.84. The molecule has 0 saturated carbocycles. The fourth-order valence-electron chi connectivity index (χ4n) is 2.84. The van der Waals surface area contributed by atoms with E-state index in [-0.39, 0.29) is 5.82 Å². The second-order valence-corrected chi connectivity index (χ2v) is 5.71. The van der Waals surface area contributed by atoms with E-state index in [1.165, 1.54) is 12.1 Å². The molecule has 3 heterocycles. The molecule has 1 saturated heterocycles. The Morgan fingerprint density at radius 2 is 1.83 bits per heavy atom. The molecule has 118 valence electrons. The van der Waals surface area contributed by atoms with Gasteiger partial charge in [-0.3, -0.25) is 4.90 Å². The standard InChI is InChI=1S/C17H17FN4O/c18-14-5-3-13(4-6-14)12-21-8-10-22(11-9-21)17-20-16-15(23-17)2-1-7-19-16/h1-7H,8-12H2. The van der Waals surface area contributed by atoms with Crippen molar-refractivity contribution in [3.8, 4) is 0 Å². The van der Waals surface area contributed by atoms with Crippen molar-refractivity contribution >= 4 is 17.2 Å². The molecule has 0 unspecified atom stereocenters. The number of piperazine rings is 1. The van der Waals surface area contributed by atoms with Crippen LogP contribution in [0.2, 0.25) is 0 Å². The van der Waals surface area contributed by atoms with Crippen molar-refractivity contribution in [2.75, 3.05) is 31.1 Å². The van der Waals surface area contributed by atoms with Crippen LogP contribution in [0.4, 0.5) is 10.4 Å². The topological polar surface area (TPSA) is 45.4 Å². The van der Waals surface area contributed by atoms with Crippen LogP contribution < -0.4 is 4.90 Å². The zero-order valence-electron chi connectivity index (χ0n) is 12.7. The third kappa shape index (κ3) is 3.03. The number of pyridine rings is 1. The van der Waals surface area contributed by atoms with Crippen LogP contribution in [0, 0.1) is 5.82 Å². The number of benzene rings is 1. The molecule has 0 N–H and O–H groups in total. The largest absolute Gasteiger partial charge is 0.422 e. The minimum atomic E-state index is -0.192. The van der Waals surface area contributed by atoms with Gasteiger partial charge in [-0.05, 0) is 29.8 Å². The number of nitrogens with zero attached hydrogens (tertiary/aromatic N) is 4. The first-order chi connectivity index (χ1) is 11.3. The van der Waals surface area contributed by atoms with Crippen LogP contribution in [-0.4, -0.2) is 41.0 Å². The molecule has 1 aliphatic rings. The summed E-state index contributed by atoms with van der Waals surface area (Å²) in [7, 11) is 0. The molecule has 0 atom stereocenters. The zero-order chi connectivity index (χ0) is 15.6. The highest BCUT2D eigenvalue weighted by Gasteiger charge is 2.21. The number of hydrogen-bond acceptors (Lipinski definition) is 5. The predicted octanol–water partition coefficient (Wildman–Crippen LogP) is 2.68. The molecule has 4 rings (SSSR count). The summed E-state index contributed by atoms with van der Waals surface area (Å²) in [5.74, 6) is -0.192. The Kier molecular flexibility index (Phi) is 3.67. The van der Waals surface area contributed by atoms with Crippen molar-refractivity contribution in [2.24, 2.45) is 0 Å². The smallest absolute Gasteiger partial charge is 0.300 e. The van der Waals surface area contributed by atoms with E-state index in [2.05, 4.69) is 19.8 Å². The maximum atomic E-state index is 12.9. The average molecular weight is 312 g/mol. The summed E-state index contributed by atoms with van der Waals surface area (Å²) in [6.45, 7) is 4.39. The van der Waals surface area contributed by atoms with Crippen LogP contribution in [0.1, 0.15) is 5.56 Å². The lowest BCUT2D eigenvalue weighted by molar-refractivity contribution is 0.245. The Morgan fingerprint density at radius 1 is 1.04 bits per heavy atom. The number of rotatable bonds is 3. The summed E-state index contributed by atoms with van der Waals surface area (Å²) in [5, 5.41) is 0. The van der Waals surface area contributed by atoms with Gasteiger partial charge in [0.1, 0.15) is 5.82 Å². The van der Waals surface area contributed by atoms with Gasteiger partial charge in [0.05, 0.1) is 0 Å². The van der Waals surface area contributed by atoms with Crippen molar-refractivity contribution in [1.82, 2.24) is 14.9 Å². The normalized spacial score (nSPS) is 16.1. The van der Waals surface area contributed by atoms with Crippen LogP contribution in [0.3, 0.4) is 0 Å². The van der Waals surface area contributed by atoms with Gasteiger partial charge in [-0.1, -0.05) is 12.1 Å². The van der Waals surface area contributed by atoms with E-state index in [4.69, 9.17) is 4.42 Å². The quantitative estimate of drug-likeness (QED) is 0.744. The summed E-state index contributed by atoms with van der Waals surface area (Å²) in [6.07, 6.45) is 1.72. The lowest BCUT2D eigenvalue weighted by Gasteiger charge is -2.33. The summed E-state index contributed by atoms with van der Waals surface area (Å²) in [4.78, 5) is 13.1. The SMILES string of the molecule is Fc1ccc(CN2CCN(c3nc4ncccc4o3)CC2)cc1. The van der Waals surface area contributed by atoms with E-state index in [9.17, 15) is 4.39 Å². The molecule has 6 heteroatoms. The van der Waals surface area contributed by atoms with Crippen molar-refractivity contribution in [2.45, 2.75) is 6.54 Å². The van der Waals surface area contributed by atoms with Gasteiger partial charge in [0.2, 0.25) is 5.65 Å². The maximum Gasteiger partial charge on any atom is 0.300 e. The molecule has 0 spiro atoms. The monoisotopic (exact) mass is 312 g/mol. The van der Waals surface area contributed by atoms with Gasteiger partial charge in [-0.2, -0.15) is 4.98 Å². The first kappa shape index (κ1) is 14.1. The van der Waals surface area contributed by atoms with Gasteiger partial charge in [-0.15, -0.1) is 0 Å². The summed E-state index contributed by atoms with van der Waals surface area (Å²) < 4.78 is 18.7. The third-order valence-corrected chi connectivity index (χ3v) is 4.12. The number of hydrogen-bond donors (Lipinski definition) is 0. The molecule has 1 aliphatic heterocycles. The first-order valence-corrected chi connectivity index (χ1v) is 7.71. The molecule has 0 bridgehead atoms. The fraction of sp³-hybridized carbons (Fsp3) is 0.294. The maximum absolute atomic E-state index is 12.9. The van der Waals surface area contributed by atoms with Crippen molar-refractivity contribution < 1.29 is 8.81 Å². The number of anilines is 1. The summed E-state index contributed by atoms with van der Waals surface area (Å²) in [5.41, 5.74) is 2.50. The van der Waals surface area contributed by atoms with E-state index in [1.54, 1.807) is 6.20 Å². The van der Waals surface area contributed by atoms with Crippen molar-refractivity contribution in [1.29, 1.82) is 0 Å². The molecule has 0 radical (unpaired) electrons. The highest BCUT2D eigenvalue weighted by Crippen LogP contribution is 2.21. The lowest BCUT2D eigenvalue weighted by Crippen LogP contribution is -2.46. The number of fused-ring (bicyclic) bond motifs is 1. The number of aromatic nitrogens is 2. The molecular formula is C17H17FN4O. The average Bonchev–Trinajstić information content (AvgIpc) is 3.02. The van der Waals surface area contributed by atoms with E-state index >= 15 is 0 Å². The minimum Gasteiger partial charge on any atom is -0.422 e. The molecule has 0 amide bonds. The van der Waals surface area contributed by atoms with E-state index in [0.717, 1.165) is 43.9 Å². The van der Waals surface area contributed by atoms with Gasteiger partial charge < -0.3 is 9.32 Å². The second-order valence-electron chi connectivity index (χ2n) is 5.71. The highest BCUT2D eigenvalue weighted by molar-refractivity contribution is 5.69. The van der Waals surface area contributed by atoms with Crippen LogP contribution in [-0.2, 0) is 6.54 Å². The lowest BCUT2D eigenvalue weighted by atomic mass is 10.2. The van der Waals surface area contributed by atoms with Crippen LogP contribution in [0.5, 0.6) is 0 Å². The number of halogens is 1. The van der Waals surface area contributed by atoms with Crippen molar-refractivity contribution in [3.05, 3.63) is 54.0 Å².